The number of hydrogen-bond donors (Lipinski definition) is 1. The van der Waals surface area contributed by atoms with Crippen LogP contribution in [0.3, 0.4) is 0 Å². The fraction of sp³-hybridized carbons (Fsp3) is 0.120. The van der Waals surface area contributed by atoms with Gasteiger partial charge in [0.05, 0.1) is 25.0 Å². The Balaban J connectivity index is 1.49. The number of nitro groups is 1. The number of nitrogens with zero attached hydrogens (tertiary/aromatic N) is 2. The Labute approximate surface area is 233 Å². The average Bonchev–Trinajstić information content (AvgIpc) is 3.15. The van der Waals surface area contributed by atoms with E-state index >= 15 is 0 Å². The van der Waals surface area contributed by atoms with Crippen LogP contribution in [-0.2, 0) is 11.4 Å². The van der Waals surface area contributed by atoms with E-state index in [0.29, 0.717) is 30.9 Å². The van der Waals surface area contributed by atoms with E-state index in [-0.39, 0.29) is 18.2 Å². The van der Waals surface area contributed by atoms with Gasteiger partial charge in [0.1, 0.15) is 6.61 Å². The molecule has 0 bridgehead atoms. The van der Waals surface area contributed by atoms with Crippen molar-refractivity contribution in [2.45, 2.75) is 20.5 Å². The minimum absolute atomic E-state index is 0.0134. The first kappa shape index (κ1) is 26.4. The second-order valence-corrected chi connectivity index (χ2v) is 11.0. The summed E-state index contributed by atoms with van der Waals surface area (Å²) in [7, 11) is 0. The third-order valence-electron chi connectivity index (χ3n) is 5.15. The Bertz CT molecular complexity index is 1400. The standard InChI is InChI=1S/C25H18Br2ClN3O4S/c1-13-7-17(8-14(2)22(13)27)29-25-30-24(32)21(36-25)11-16-9-19(26)23(20(28)10-16)35-12-15-3-5-18(6-4-15)31(33)34/h3-11H,12H2,1-2H3,(H,29,30,32)/b21-11-. The molecule has 1 aliphatic rings. The number of ether oxygens (including phenoxy) is 1. The summed E-state index contributed by atoms with van der Waals surface area (Å²) in [5.41, 5.74) is 4.38. The van der Waals surface area contributed by atoms with Crippen molar-refractivity contribution in [3.63, 3.8) is 0 Å². The van der Waals surface area contributed by atoms with Crippen LogP contribution in [0.15, 0.2) is 67.4 Å². The predicted molar refractivity (Wildman–Crippen MR) is 151 cm³/mol. The average molecular weight is 652 g/mol. The summed E-state index contributed by atoms with van der Waals surface area (Å²) in [5, 5.41) is 14.5. The number of carbonyl (C=O) groups is 1. The molecular formula is C25H18Br2ClN3O4S. The van der Waals surface area contributed by atoms with Crippen molar-refractivity contribution < 1.29 is 14.5 Å². The van der Waals surface area contributed by atoms with E-state index in [0.717, 1.165) is 26.9 Å². The van der Waals surface area contributed by atoms with E-state index in [2.05, 4.69) is 42.2 Å². The lowest BCUT2D eigenvalue weighted by Crippen LogP contribution is -2.19. The normalized spacial score (nSPS) is 15.4. The molecule has 0 aliphatic carbocycles. The van der Waals surface area contributed by atoms with Gasteiger partial charge in [0, 0.05) is 16.6 Å². The molecule has 0 spiro atoms. The number of aryl methyl sites for hydroxylation is 2. The third-order valence-corrected chi connectivity index (χ3v) is 8.18. The molecule has 36 heavy (non-hydrogen) atoms. The van der Waals surface area contributed by atoms with E-state index in [4.69, 9.17) is 16.3 Å². The number of halogens is 3. The molecular weight excluding hydrogens is 634 g/mol. The quantitative estimate of drug-likeness (QED) is 0.166. The maximum absolute atomic E-state index is 12.5. The number of nitrogens with one attached hydrogen (secondary N) is 1. The summed E-state index contributed by atoms with van der Waals surface area (Å²) >= 11 is 14.7. The lowest BCUT2D eigenvalue weighted by molar-refractivity contribution is -0.384. The minimum atomic E-state index is -0.453. The minimum Gasteiger partial charge on any atom is -0.486 e. The Kier molecular flexibility index (Phi) is 8.19. The van der Waals surface area contributed by atoms with E-state index in [1.807, 2.05) is 26.0 Å². The molecule has 184 valence electrons. The molecule has 3 aromatic carbocycles. The second kappa shape index (κ2) is 11.2. The molecule has 0 unspecified atom stereocenters. The molecule has 0 aromatic heterocycles. The molecule has 11 heteroatoms. The van der Waals surface area contributed by atoms with Gasteiger partial charge in [-0.2, -0.15) is 0 Å². The molecule has 1 heterocycles. The van der Waals surface area contributed by atoms with Gasteiger partial charge in [-0.15, -0.1) is 0 Å². The number of nitro benzene ring substituents is 1. The smallest absolute Gasteiger partial charge is 0.269 e. The van der Waals surface area contributed by atoms with Gasteiger partial charge in [-0.3, -0.25) is 14.9 Å². The molecule has 7 nitrogen and oxygen atoms in total. The van der Waals surface area contributed by atoms with Gasteiger partial charge in [-0.1, -0.05) is 27.5 Å². The van der Waals surface area contributed by atoms with Crippen molar-refractivity contribution >= 4 is 83.7 Å². The molecule has 3 aromatic rings. The van der Waals surface area contributed by atoms with E-state index in [9.17, 15) is 14.9 Å². The molecule has 0 atom stereocenters. The van der Waals surface area contributed by atoms with Crippen LogP contribution in [-0.4, -0.2) is 16.0 Å². The first-order chi connectivity index (χ1) is 17.1. The third kappa shape index (κ3) is 6.18. The molecule has 0 radical (unpaired) electrons. The fourth-order valence-electron chi connectivity index (χ4n) is 3.41. The maximum atomic E-state index is 12.5. The fourth-order valence-corrected chi connectivity index (χ4v) is 5.47. The first-order valence-electron chi connectivity index (χ1n) is 10.5. The van der Waals surface area contributed by atoms with Crippen molar-refractivity contribution in [2.24, 2.45) is 4.99 Å². The van der Waals surface area contributed by atoms with Crippen LogP contribution in [0, 0.1) is 24.0 Å². The number of rotatable bonds is 6. The zero-order valence-electron chi connectivity index (χ0n) is 19.0. The van der Waals surface area contributed by atoms with E-state index in [1.165, 1.54) is 23.9 Å². The number of benzene rings is 3. The van der Waals surface area contributed by atoms with Crippen molar-refractivity contribution in [1.82, 2.24) is 5.32 Å². The van der Waals surface area contributed by atoms with Crippen LogP contribution in [0.1, 0.15) is 22.3 Å². The van der Waals surface area contributed by atoms with Crippen LogP contribution in [0.25, 0.3) is 6.08 Å². The molecule has 1 aliphatic heterocycles. The Morgan fingerprint density at radius 2 is 1.81 bits per heavy atom. The number of amides is 1. The molecule has 4 rings (SSSR count). The summed E-state index contributed by atoms with van der Waals surface area (Å²) in [6.07, 6.45) is 1.73. The van der Waals surface area contributed by atoms with Crippen molar-refractivity contribution in [3.8, 4) is 5.75 Å². The van der Waals surface area contributed by atoms with Crippen LogP contribution in [0.4, 0.5) is 11.4 Å². The van der Waals surface area contributed by atoms with Crippen LogP contribution >= 0.6 is 55.2 Å². The lowest BCUT2D eigenvalue weighted by Gasteiger charge is -2.11. The van der Waals surface area contributed by atoms with Gasteiger partial charge in [-0.25, -0.2) is 4.99 Å². The molecule has 1 fully saturated rings. The zero-order chi connectivity index (χ0) is 26.0. The monoisotopic (exact) mass is 649 g/mol. The highest BCUT2D eigenvalue weighted by Crippen LogP contribution is 2.37. The molecule has 1 N–H and O–H groups in total. The number of carbonyl (C=O) groups excluding carboxylic acids is 1. The van der Waals surface area contributed by atoms with Gasteiger partial charge in [0.2, 0.25) is 0 Å². The Hall–Kier alpha value is -2.66. The highest BCUT2D eigenvalue weighted by atomic mass is 79.9. The number of hydrogen-bond acceptors (Lipinski definition) is 6. The first-order valence-corrected chi connectivity index (χ1v) is 13.3. The zero-order valence-corrected chi connectivity index (χ0v) is 23.7. The largest absolute Gasteiger partial charge is 0.486 e. The summed E-state index contributed by atoms with van der Waals surface area (Å²) in [4.78, 5) is 27.9. The van der Waals surface area contributed by atoms with Gasteiger partial charge in [0.25, 0.3) is 11.6 Å². The summed E-state index contributed by atoms with van der Waals surface area (Å²) in [5.74, 6) is 0.193. The Morgan fingerprint density at radius 3 is 2.42 bits per heavy atom. The SMILES string of the molecule is Cc1cc(N=C2NC(=O)/C(=C/c3cc(Cl)c(OCc4ccc([N+](=O)[O-])cc4)c(Br)c3)S2)cc(C)c1Br. The molecule has 0 saturated carbocycles. The van der Waals surface area contributed by atoms with Crippen molar-refractivity contribution in [2.75, 3.05) is 0 Å². The summed E-state index contributed by atoms with van der Waals surface area (Å²) < 4.78 is 7.49. The number of thioether (sulfide) groups is 1. The van der Waals surface area contributed by atoms with Crippen LogP contribution in [0.2, 0.25) is 5.02 Å². The molecule has 1 amide bonds. The number of non-ortho nitro benzene ring substituents is 1. The van der Waals surface area contributed by atoms with Crippen molar-refractivity contribution in [1.29, 1.82) is 0 Å². The lowest BCUT2D eigenvalue weighted by atomic mass is 10.1. The van der Waals surface area contributed by atoms with Crippen LogP contribution in [0.5, 0.6) is 5.75 Å². The van der Waals surface area contributed by atoms with E-state index < -0.39 is 4.92 Å². The highest BCUT2D eigenvalue weighted by Gasteiger charge is 2.24. The summed E-state index contributed by atoms with van der Waals surface area (Å²) in [6.45, 7) is 4.17. The van der Waals surface area contributed by atoms with Gasteiger partial charge in [0.15, 0.2) is 10.9 Å². The van der Waals surface area contributed by atoms with Gasteiger partial charge >= 0.3 is 0 Å². The second-order valence-electron chi connectivity index (χ2n) is 7.90. The van der Waals surface area contributed by atoms with E-state index in [1.54, 1.807) is 30.3 Å². The molecule has 1 saturated heterocycles. The van der Waals surface area contributed by atoms with Gasteiger partial charge in [-0.05, 0) is 106 Å². The van der Waals surface area contributed by atoms with Crippen LogP contribution < -0.4 is 10.1 Å². The topological polar surface area (TPSA) is 93.8 Å². The van der Waals surface area contributed by atoms with Crippen molar-refractivity contribution in [3.05, 3.63) is 99.8 Å². The maximum Gasteiger partial charge on any atom is 0.269 e. The number of amidine groups is 1. The summed E-state index contributed by atoms with van der Waals surface area (Å²) in [6, 6.07) is 13.5. The Morgan fingerprint density at radius 1 is 1.14 bits per heavy atom. The predicted octanol–water partition coefficient (Wildman–Crippen LogP) is 7.86. The highest BCUT2D eigenvalue weighted by molar-refractivity contribution is 9.10. The van der Waals surface area contributed by atoms with Gasteiger partial charge < -0.3 is 10.1 Å². The number of aliphatic imine (C=N–C) groups is 1.